The van der Waals surface area contributed by atoms with Gasteiger partial charge < -0.3 is 15.1 Å². The number of nitrogens with zero attached hydrogens (tertiary/aromatic N) is 2. The first-order valence-electron chi connectivity index (χ1n) is 15.0. The summed E-state index contributed by atoms with van der Waals surface area (Å²) >= 11 is 0. The van der Waals surface area contributed by atoms with Crippen LogP contribution in [-0.4, -0.2) is 40.5 Å². The van der Waals surface area contributed by atoms with Gasteiger partial charge in [0.1, 0.15) is 18.2 Å². The van der Waals surface area contributed by atoms with Crippen molar-refractivity contribution in [3.8, 4) is 0 Å². The Hall–Kier alpha value is -2.04. The van der Waals surface area contributed by atoms with E-state index in [4.69, 9.17) is 0 Å². The monoisotopic (exact) mass is 503 g/mol. The molecule has 200 valence electrons. The van der Waals surface area contributed by atoms with E-state index in [-0.39, 0.29) is 40.4 Å². The fraction of sp³-hybridized carbons (Fsp3) is 0.750. The van der Waals surface area contributed by atoms with E-state index in [0.29, 0.717) is 23.7 Å². The van der Waals surface area contributed by atoms with Crippen molar-refractivity contribution in [2.24, 2.45) is 28.6 Å². The van der Waals surface area contributed by atoms with Crippen LogP contribution < -0.4 is 10.2 Å². The predicted molar refractivity (Wildman–Crippen MR) is 146 cm³/mol. The number of anilines is 1. The number of carbonyl (C=O) groups is 2. The number of hydrogen-bond donors (Lipinski definition) is 1. The Bertz CT molecular complexity index is 1180. The second kappa shape index (κ2) is 7.33. The summed E-state index contributed by atoms with van der Waals surface area (Å²) in [5, 5.41) is 3.15. The molecule has 0 spiro atoms. The van der Waals surface area contributed by atoms with Crippen molar-refractivity contribution in [3.63, 3.8) is 0 Å². The van der Waals surface area contributed by atoms with Crippen LogP contribution in [0.1, 0.15) is 98.5 Å². The van der Waals surface area contributed by atoms with Gasteiger partial charge in [0.2, 0.25) is 11.8 Å². The standard InChI is InChI=1S/C32H45N3O2/c1-19(2)16-21-27(37)34-23(26(36)33-21)17-32-18-25-30(5)14-9-13-29(3,4)24(30)12-15-31(25,6)35(28(32)34)22-11-8-7-10-20(22)32/h7-8,10-11,19,21,23-25,28H,9,12-18H2,1-6H3,(H,33,36). The quantitative estimate of drug-likeness (QED) is 0.570. The molecule has 0 radical (unpaired) electrons. The van der Waals surface area contributed by atoms with Gasteiger partial charge in [0, 0.05) is 16.6 Å². The van der Waals surface area contributed by atoms with E-state index in [2.05, 4.69) is 80.9 Å². The van der Waals surface area contributed by atoms with Crippen LogP contribution >= 0.6 is 0 Å². The Kier molecular flexibility index (Phi) is 4.76. The summed E-state index contributed by atoms with van der Waals surface area (Å²) in [5.74, 6) is 1.84. The maximum absolute atomic E-state index is 14.1. The summed E-state index contributed by atoms with van der Waals surface area (Å²) in [6.07, 6.45) is 8.87. The molecule has 8 unspecified atom stereocenters. The van der Waals surface area contributed by atoms with Crippen LogP contribution in [0.4, 0.5) is 5.69 Å². The molecule has 5 fully saturated rings. The summed E-state index contributed by atoms with van der Waals surface area (Å²) in [4.78, 5) is 32.5. The molecule has 2 bridgehead atoms. The van der Waals surface area contributed by atoms with E-state index in [9.17, 15) is 9.59 Å². The number of hydrogen-bond acceptors (Lipinski definition) is 3. The lowest BCUT2D eigenvalue weighted by molar-refractivity contribution is -0.153. The van der Waals surface area contributed by atoms with E-state index in [1.807, 2.05) is 0 Å². The Labute approximate surface area is 222 Å². The minimum absolute atomic E-state index is 0.0178. The van der Waals surface area contributed by atoms with Crippen LogP contribution in [0, 0.1) is 28.6 Å². The van der Waals surface area contributed by atoms with Gasteiger partial charge in [-0.1, -0.05) is 59.2 Å². The number of fused-ring (bicyclic) bond motifs is 7. The largest absolute Gasteiger partial charge is 0.344 e. The van der Waals surface area contributed by atoms with Crippen molar-refractivity contribution < 1.29 is 9.59 Å². The van der Waals surface area contributed by atoms with Crippen LogP contribution in [-0.2, 0) is 15.0 Å². The zero-order valence-corrected chi connectivity index (χ0v) is 23.6. The number of rotatable bonds is 2. The van der Waals surface area contributed by atoms with Crippen LogP contribution in [0.25, 0.3) is 0 Å². The average Bonchev–Trinajstić information content (AvgIpc) is 3.27. The van der Waals surface area contributed by atoms with Crippen molar-refractivity contribution >= 4 is 17.5 Å². The number of para-hydroxylation sites is 1. The zero-order valence-electron chi connectivity index (χ0n) is 23.6. The van der Waals surface area contributed by atoms with Gasteiger partial charge in [-0.2, -0.15) is 0 Å². The summed E-state index contributed by atoms with van der Waals surface area (Å²) < 4.78 is 0. The number of benzene rings is 1. The molecular formula is C32H45N3O2. The Balaban J connectivity index is 1.39. The number of piperidine rings is 1. The van der Waals surface area contributed by atoms with Gasteiger partial charge in [-0.05, 0) is 92.1 Å². The number of piperazine rings is 1. The maximum Gasteiger partial charge on any atom is 0.247 e. The van der Waals surface area contributed by atoms with Gasteiger partial charge in [0.15, 0.2) is 0 Å². The smallest absolute Gasteiger partial charge is 0.247 e. The molecule has 1 aromatic carbocycles. The lowest BCUT2D eigenvalue weighted by atomic mass is 9.42. The molecule has 2 aliphatic carbocycles. The maximum atomic E-state index is 14.1. The van der Waals surface area contributed by atoms with E-state index >= 15 is 0 Å². The third-order valence-corrected chi connectivity index (χ3v) is 12.4. The summed E-state index contributed by atoms with van der Waals surface area (Å²) in [6.45, 7) is 14.4. The molecule has 4 aliphatic heterocycles. The van der Waals surface area contributed by atoms with Gasteiger partial charge in [0.05, 0.1) is 0 Å². The summed E-state index contributed by atoms with van der Waals surface area (Å²) in [7, 11) is 0. The molecular weight excluding hydrogens is 458 g/mol. The third-order valence-electron chi connectivity index (χ3n) is 12.4. The van der Waals surface area contributed by atoms with Gasteiger partial charge in [-0.3, -0.25) is 9.59 Å². The van der Waals surface area contributed by atoms with E-state index in [0.717, 1.165) is 25.2 Å². The van der Waals surface area contributed by atoms with Crippen molar-refractivity contribution in [3.05, 3.63) is 29.8 Å². The molecule has 4 heterocycles. The summed E-state index contributed by atoms with van der Waals surface area (Å²) in [5.41, 5.74) is 3.18. The Morgan fingerprint density at radius 3 is 2.51 bits per heavy atom. The Morgan fingerprint density at radius 2 is 1.76 bits per heavy atom. The molecule has 0 aromatic heterocycles. The molecule has 6 aliphatic rings. The molecule has 37 heavy (non-hydrogen) atoms. The third kappa shape index (κ3) is 2.82. The van der Waals surface area contributed by atoms with Crippen molar-refractivity contribution in [2.75, 3.05) is 4.90 Å². The topological polar surface area (TPSA) is 52.7 Å². The van der Waals surface area contributed by atoms with Crippen LogP contribution in [0.2, 0.25) is 0 Å². The fourth-order valence-electron chi connectivity index (χ4n) is 11.1. The lowest BCUT2D eigenvalue weighted by Gasteiger charge is -2.68. The van der Waals surface area contributed by atoms with Gasteiger partial charge >= 0.3 is 0 Å². The van der Waals surface area contributed by atoms with E-state index in [1.54, 1.807) is 0 Å². The van der Waals surface area contributed by atoms with Crippen LogP contribution in [0.5, 0.6) is 0 Å². The molecule has 5 nitrogen and oxygen atoms in total. The molecule has 1 N–H and O–H groups in total. The fourth-order valence-corrected chi connectivity index (χ4v) is 11.1. The second-order valence-electron chi connectivity index (χ2n) is 15.1. The van der Waals surface area contributed by atoms with Crippen molar-refractivity contribution in [1.29, 1.82) is 0 Å². The number of nitrogens with one attached hydrogen (secondary N) is 1. The second-order valence-corrected chi connectivity index (χ2v) is 15.1. The average molecular weight is 504 g/mol. The SMILES string of the molecule is CC(C)CC1NC(=O)C2CC34CC5C6(C)CCCC(C)(C)C6CCC5(C)N(c5ccccc53)C4N2C1=O. The molecule has 8 atom stereocenters. The molecule has 3 saturated heterocycles. The van der Waals surface area contributed by atoms with Gasteiger partial charge in [-0.15, -0.1) is 0 Å². The highest BCUT2D eigenvalue weighted by Gasteiger charge is 2.74. The minimum Gasteiger partial charge on any atom is -0.344 e. The van der Waals surface area contributed by atoms with Crippen molar-refractivity contribution in [1.82, 2.24) is 10.2 Å². The highest BCUT2D eigenvalue weighted by atomic mass is 16.2. The highest BCUT2D eigenvalue weighted by Crippen LogP contribution is 2.72. The van der Waals surface area contributed by atoms with Gasteiger partial charge in [-0.25, -0.2) is 0 Å². The first kappa shape index (κ1) is 24.0. The molecule has 2 saturated carbocycles. The molecule has 1 aromatic rings. The molecule has 2 amide bonds. The number of amides is 2. The van der Waals surface area contributed by atoms with Crippen LogP contribution in [0.15, 0.2) is 24.3 Å². The van der Waals surface area contributed by atoms with E-state index in [1.165, 1.54) is 36.9 Å². The summed E-state index contributed by atoms with van der Waals surface area (Å²) in [6, 6.07) is 8.21. The number of carbonyl (C=O) groups excluding carboxylic acids is 2. The van der Waals surface area contributed by atoms with Crippen molar-refractivity contribution in [2.45, 2.75) is 122 Å². The van der Waals surface area contributed by atoms with E-state index < -0.39 is 6.04 Å². The van der Waals surface area contributed by atoms with Crippen LogP contribution in [0.3, 0.4) is 0 Å². The zero-order chi connectivity index (χ0) is 26.1. The van der Waals surface area contributed by atoms with Gasteiger partial charge in [0.25, 0.3) is 0 Å². The highest BCUT2D eigenvalue weighted by molar-refractivity contribution is 5.99. The normalized spacial score (nSPS) is 45.1. The minimum atomic E-state index is -0.402. The first-order chi connectivity index (χ1) is 17.4. The lowest BCUT2D eigenvalue weighted by Crippen LogP contribution is -2.74. The molecule has 5 heteroatoms. The molecule has 7 rings (SSSR count). The predicted octanol–water partition coefficient (Wildman–Crippen LogP) is 5.62. The first-order valence-corrected chi connectivity index (χ1v) is 15.0. The Morgan fingerprint density at radius 1 is 1.00 bits per heavy atom.